The van der Waals surface area contributed by atoms with Crippen LogP contribution in [0.25, 0.3) is 22.2 Å². The summed E-state index contributed by atoms with van der Waals surface area (Å²) in [6, 6.07) is 18.7. The van der Waals surface area contributed by atoms with Gasteiger partial charge in [0.2, 0.25) is 0 Å². The van der Waals surface area contributed by atoms with E-state index in [1.807, 2.05) is 62.4 Å². The molecule has 0 fully saturated rings. The number of ether oxygens (including phenoxy) is 2. The smallest absolute Gasteiger partial charge is 0.341 e. The Kier molecular flexibility index (Phi) is 7.23. The van der Waals surface area contributed by atoms with Gasteiger partial charge in [0.1, 0.15) is 10.8 Å². The predicted molar refractivity (Wildman–Crippen MR) is 136 cm³/mol. The number of anilines is 1. The number of pyridine rings is 1. The Morgan fingerprint density at radius 3 is 2.53 bits per heavy atom. The molecule has 0 unspecified atom stereocenters. The largest absolute Gasteiger partial charge is 0.494 e. The Morgan fingerprint density at radius 1 is 0.941 bits per heavy atom. The lowest BCUT2D eigenvalue weighted by Gasteiger charge is -2.12. The number of aryl methyl sites for hydroxylation is 1. The third-order valence-electron chi connectivity index (χ3n) is 5.26. The molecule has 0 radical (unpaired) electrons. The van der Waals surface area contributed by atoms with Crippen molar-refractivity contribution in [3.05, 3.63) is 76.7 Å². The summed E-state index contributed by atoms with van der Waals surface area (Å²) in [6.45, 7) is 6.52. The van der Waals surface area contributed by atoms with Crippen LogP contribution in [0.1, 0.15) is 46.4 Å². The summed E-state index contributed by atoms with van der Waals surface area (Å²) in [4.78, 5) is 31.7. The van der Waals surface area contributed by atoms with Gasteiger partial charge in [0.15, 0.2) is 0 Å². The zero-order chi connectivity index (χ0) is 24.1. The molecule has 2 heterocycles. The first-order valence-electron chi connectivity index (χ1n) is 11.3. The van der Waals surface area contributed by atoms with Crippen molar-refractivity contribution in [1.82, 2.24) is 4.98 Å². The Morgan fingerprint density at radius 2 is 1.76 bits per heavy atom. The van der Waals surface area contributed by atoms with Crippen molar-refractivity contribution in [2.45, 2.75) is 27.2 Å². The Bertz CT molecular complexity index is 1350. The number of amides is 1. The molecule has 0 saturated heterocycles. The van der Waals surface area contributed by atoms with Gasteiger partial charge >= 0.3 is 5.97 Å². The van der Waals surface area contributed by atoms with Gasteiger partial charge in [-0.3, -0.25) is 4.79 Å². The van der Waals surface area contributed by atoms with Gasteiger partial charge in [-0.2, -0.15) is 0 Å². The molecule has 0 aliphatic rings. The molecule has 6 nitrogen and oxygen atoms in total. The number of benzene rings is 2. The topological polar surface area (TPSA) is 77.5 Å². The fraction of sp³-hybridized carbons (Fsp3) is 0.222. The molecular formula is C27H26N2O4S. The number of aromatic nitrogens is 1. The number of hydrogen-bond acceptors (Lipinski definition) is 6. The van der Waals surface area contributed by atoms with Crippen molar-refractivity contribution in [2.24, 2.45) is 0 Å². The number of hydrogen-bond donors (Lipinski definition) is 1. The fourth-order valence-corrected chi connectivity index (χ4v) is 4.64. The number of carbonyl (C=O) groups excluding carboxylic acids is 2. The summed E-state index contributed by atoms with van der Waals surface area (Å²) in [7, 11) is 0. The van der Waals surface area contributed by atoms with Gasteiger partial charge in [0, 0.05) is 15.8 Å². The molecule has 174 valence electrons. The Balaban J connectivity index is 1.76. The zero-order valence-electron chi connectivity index (χ0n) is 19.4. The summed E-state index contributed by atoms with van der Waals surface area (Å²) in [5.74, 6) is -0.0108. The number of nitrogens with one attached hydrogen (secondary N) is 1. The number of nitrogens with zero attached hydrogens (tertiary/aromatic N) is 1. The maximum absolute atomic E-state index is 13.5. The minimum Gasteiger partial charge on any atom is -0.494 e. The molecule has 0 aliphatic heterocycles. The highest BCUT2D eigenvalue weighted by atomic mass is 32.1. The second-order valence-corrected chi connectivity index (χ2v) is 8.65. The van der Waals surface area contributed by atoms with Crippen molar-refractivity contribution in [3.63, 3.8) is 0 Å². The van der Waals surface area contributed by atoms with Crippen molar-refractivity contribution < 1.29 is 19.1 Å². The third-order valence-corrected chi connectivity index (χ3v) is 6.45. The highest BCUT2D eigenvalue weighted by Crippen LogP contribution is 2.32. The molecule has 4 rings (SSSR count). The Hall–Kier alpha value is -3.71. The number of esters is 1. The van der Waals surface area contributed by atoms with Crippen LogP contribution in [-0.4, -0.2) is 30.1 Å². The summed E-state index contributed by atoms with van der Waals surface area (Å²) in [6.07, 6.45) is 0.755. The molecule has 0 aliphatic carbocycles. The van der Waals surface area contributed by atoms with E-state index in [1.165, 1.54) is 11.3 Å². The zero-order valence-corrected chi connectivity index (χ0v) is 20.2. The molecule has 4 aromatic rings. The second-order valence-electron chi connectivity index (χ2n) is 7.52. The van der Waals surface area contributed by atoms with E-state index >= 15 is 0 Å². The summed E-state index contributed by atoms with van der Waals surface area (Å²) < 4.78 is 10.8. The van der Waals surface area contributed by atoms with E-state index < -0.39 is 5.97 Å². The van der Waals surface area contributed by atoms with Gasteiger partial charge in [0.05, 0.1) is 35.6 Å². The SMILES string of the molecule is CCOC(=O)c1cc(CC)sc1NC(=O)c1cc(-c2cccc(OCC)c2)nc2ccccc12. The maximum Gasteiger partial charge on any atom is 0.341 e. The fourth-order valence-electron chi connectivity index (χ4n) is 3.66. The quantitative estimate of drug-likeness (QED) is 0.301. The predicted octanol–water partition coefficient (Wildman–Crippen LogP) is 6.35. The highest BCUT2D eigenvalue weighted by molar-refractivity contribution is 7.16. The van der Waals surface area contributed by atoms with Gasteiger partial charge in [-0.15, -0.1) is 11.3 Å². The van der Waals surface area contributed by atoms with Crippen LogP contribution in [0.2, 0.25) is 0 Å². The number of para-hydroxylation sites is 1. The summed E-state index contributed by atoms with van der Waals surface area (Å²) >= 11 is 1.39. The van der Waals surface area contributed by atoms with Crippen molar-refractivity contribution in [1.29, 1.82) is 0 Å². The van der Waals surface area contributed by atoms with Gasteiger partial charge in [-0.1, -0.05) is 37.3 Å². The first kappa shape index (κ1) is 23.4. The third kappa shape index (κ3) is 4.94. The lowest BCUT2D eigenvalue weighted by Crippen LogP contribution is -2.15. The van der Waals surface area contributed by atoms with E-state index in [4.69, 9.17) is 14.5 Å². The van der Waals surface area contributed by atoms with Gasteiger partial charge in [0.25, 0.3) is 5.91 Å². The van der Waals surface area contributed by atoms with Gasteiger partial charge < -0.3 is 14.8 Å². The van der Waals surface area contributed by atoms with E-state index in [0.717, 1.165) is 28.0 Å². The van der Waals surface area contributed by atoms with Crippen molar-refractivity contribution in [3.8, 4) is 17.0 Å². The Labute approximate surface area is 202 Å². The van der Waals surface area contributed by atoms with Crippen LogP contribution >= 0.6 is 11.3 Å². The van der Waals surface area contributed by atoms with Crippen LogP contribution in [0.15, 0.2) is 60.7 Å². The molecule has 7 heteroatoms. The molecule has 1 N–H and O–H groups in total. The standard InChI is InChI=1S/C27H26N2O4S/c1-4-19-15-22(27(31)33-6-3)26(34-19)29-25(30)21-16-24(28-23-13-8-7-12-20(21)23)17-10-9-11-18(14-17)32-5-2/h7-16H,4-6H2,1-3H3,(H,29,30). The van der Waals surface area contributed by atoms with Crippen LogP contribution in [0, 0.1) is 0 Å². The molecule has 0 spiro atoms. The molecule has 0 atom stereocenters. The minimum absolute atomic E-state index is 0.267. The van der Waals surface area contributed by atoms with Crippen LogP contribution in [-0.2, 0) is 11.2 Å². The first-order valence-corrected chi connectivity index (χ1v) is 12.1. The molecule has 1 amide bonds. The lowest BCUT2D eigenvalue weighted by molar-refractivity contribution is 0.0528. The number of rotatable bonds is 8. The first-order chi connectivity index (χ1) is 16.5. The molecule has 2 aromatic carbocycles. The molecule has 0 saturated carbocycles. The van der Waals surface area contributed by atoms with E-state index in [2.05, 4.69) is 5.32 Å². The number of fused-ring (bicyclic) bond motifs is 1. The molecular weight excluding hydrogens is 448 g/mol. The van der Waals surface area contributed by atoms with Crippen LogP contribution < -0.4 is 10.1 Å². The van der Waals surface area contributed by atoms with E-state index in [0.29, 0.717) is 33.9 Å². The number of carbonyl (C=O) groups is 2. The van der Waals surface area contributed by atoms with E-state index in [9.17, 15) is 9.59 Å². The summed E-state index contributed by atoms with van der Waals surface area (Å²) in [5, 5.41) is 4.17. The normalized spacial score (nSPS) is 10.8. The number of thiophene rings is 1. The second kappa shape index (κ2) is 10.5. The van der Waals surface area contributed by atoms with E-state index in [1.54, 1.807) is 19.1 Å². The highest BCUT2D eigenvalue weighted by Gasteiger charge is 2.21. The van der Waals surface area contributed by atoms with Crippen LogP contribution in [0.4, 0.5) is 5.00 Å². The van der Waals surface area contributed by atoms with Gasteiger partial charge in [-0.05, 0) is 50.6 Å². The maximum atomic E-state index is 13.5. The van der Waals surface area contributed by atoms with E-state index in [-0.39, 0.29) is 12.5 Å². The lowest BCUT2D eigenvalue weighted by atomic mass is 10.0. The molecule has 0 bridgehead atoms. The molecule has 34 heavy (non-hydrogen) atoms. The summed E-state index contributed by atoms with van der Waals surface area (Å²) in [5.41, 5.74) is 3.07. The monoisotopic (exact) mass is 474 g/mol. The average Bonchev–Trinajstić information content (AvgIpc) is 3.27. The average molecular weight is 475 g/mol. The molecule has 2 aromatic heterocycles. The van der Waals surface area contributed by atoms with Crippen LogP contribution in [0.5, 0.6) is 5.75 Å². The van der Waals surface area contributed by atoms with Crippen LogP contribution in [0.3, 0.4) is 0 Å². The van der Waals surface area contributed by atoms with Crippen molar-refractivity contribution >= 4 is 39.1 Å². The van der Waals surface area contributed by atoms with Crippen molar-refractivity contribution in [2.75, 3.05) is 18.5 Å². The minimum atomic E-state index is -0.443. The van der Waals surface area contributed by atoms with Gasteiger partial charge in [-0.25, -0.2) is 9.78 Å².